The molecule has 0 atom stereocenters. The Labute approximate surface area is 221 Å². The number of fused-ring (bicyclic) bond motifs is 4. The maximum atomic E-state index is 7.44. The maximum absolute atomic E-state index is 7.44. The summed E-state index contributed by atoms with van der Waals surface area (Å²) in [7, 11) is 0.525. The molecular weight excluding hydrogens is 468 g/mol. The maximum Gasteiger partial charge on any atom is 0.216 e. The van der Waals surface area contributed by atoms with Crippen molar-refractivity contribution >= 4 is 51.8 Å². The molecule has 0 unspecified atom stereocenters. The molecule has 4 heteroatoms. The second kappa shape index (κ2) is 8.57. The quantitative estimate of drug-likeness (QED) is 0.137. The lowest BCUT2D eigenvalue weighted by Crippen LogP contribution is -2.43. The molecule has 0 amide bonds. The summed E-state index contributed by atoms with van der Waals surface area (Å²) in [5.41, 5.74) is 9.98. The lowest BCUT2D eigenvalue weighted by Gasteiger charge is -2.22. The molecule has 3 aromatic carbocycles. The Morgan fingerprint density at radius 3 is 2.27 bits per heavy atom. The van der Waals surface area contributed by atoms with E-state index < -0.39 is 8.07 Å². The number of aromatic nitrogens is 1. The number of pyridine rings is 1. The molecule has 0 saturated carbocycles. The van der Waals surface area contributed by atoms with Crippen LogP contribution in [0.2, 0.25) is 19.6 Å². The third kappa shape index (κ3) is 4.36. The van der Waals surface area contributed by atoms with E-state index in [1.165, 1.54) is 38.5 Å². The van der Waals surface area contributed by atoms with E-state index in [0.29, 0.717) is 5.69 Å². The Bertz CT molecular complexity index is 1750. The standard InChI is InChI=1S/C33H37N2OSi/c1-20-15-26-24-14-12-23(34-6)17-29(24)36-32(26)31(21(20)2)28-18-30(37(8,9)10)25-13-11-22(19-33(3,4)5)16-27(25)35(28)7/h11-18H,19H2,1-5,7-10H3/q+1. The second-order valence-electron chi connectivity index (χ2n) is 12.8. The van der Waals surface area contributed by atoms with E-state index in [1.807, 2.05) is 18.2 Å². The van der Waals surface area contributed by atoms with Gasteiger partial charge in [-0.25, -0.2) is 4.85 Å². The van der Waals surface area contributed by atoms with Gasteiger partial charge in [-0.1, -0.05) is 58.6 Å². The fraction of sp³-hybridized carbons (Fsp3) is 0.333. The molecule has 2 aromatic heterocycles. The van der Waals surface area contributed by atoms with Gasteiger partial charge in [0.25, 0.3) is 0 Å². The summed E-state index contributed by atoms with van der Waals surface area (Å²) in [6, 6.07) is 17.5. The first-order valence-corrected chi connectivity index (χ1v) is 16.6. The Hall–Kier alpha value is -3.42. The van der Waals surface area contributed by atoms with E-state index in [-0.39, 0.29) is 5.41 Å². The molecule has 0 aliphatic carbocycles. The van der Waals surface area contributed by atoms with Crippen molar-refractivity contribution < 1.29 is 8.98 Å². The number of hydrogen-bond donors (Lipinski definition) is 0. The summed E-state index contributed by atoms with van der Waals surface area (Å²) in [6.45, 7) is 26.0. The van der Waals surface area contributed by atoms with Crippen molar-refractivity contribution in [3.63, 3.8) is 0 Å². The van der Waals surface area contributed by atoms with E-state index >= 15 is 0 Å². The fourth-order valence-corrected chi connectivity index (χ4v) is 7.20. The minimum absolute atomic E-state index is 0.225. The lowest BCUT2D eigenvalue weighted by atomic mass is 9.88. The monoisotopic (exact) mass is 505 g/mol. The average Bonchev–Trinajstić information content (AvgIpc) is 3.16. The molecular formula is C33H37N2OSi+. The van der Waals surface area contributed by atoms with Crippen LogP contribution in [0, 0.1) is 25.8 Å². The molecule has 188 valence electrons. The van der Waals surface area contributed by atoms with Crippen LogP contribution in [0.3, 0.4) is 0 Å². The van der Waals surface area contributed by atoms with Crippen LogP contribution in [-0.2, 0) is 13.5 Å². The zero-order valence-corrected chi connectivity index (χ0v) is 24.6. The van der Waals surface area contributed by atoms with Crippen LogP contribution in [0.15, 0.2) is 52.9 Å². The van der Waals surface area contributed by atoms with Gasteiger partial charge in [-0.2, -0.15) is 4.57 Å². The largest absolute Gasteiger partial charge is 0.456 e. The summed E-state index contributed by atoms with van der Waals surface area (Å²) in [6.07, 6.45) is 1.04. The Balaban J connectivity index is 1.90. The molecule has 0 spiro atoms. The van der Waals surface area contributed by atoms with Gasteiger partial charge in [0.05, 0.1) is 20.2 Å². The first kappa shape index (κ1) is 25.2. The Morgan fingerprint density at radius 1 is 0.919 bits per heavy atom. The van der Waals surface area contributed by atoms with E-state index in [9.17, 15) is 0 Å². The molecule has 0 N–H and O–H groups in total. The Morgan fingerprint density at radius 2 is 1.62 bits per heavy atom. The number of hydrogen-bond acceptors (Lipinski definition) is 1. The number of furan rings is 1. The predicted molar refractivity (Wildman–Crippen MR) is 160 cm³/mol. The molecule has 2 heterocycles. The minimum atomic E-state index is -1.67. The van der Waals surface area contributed by atoms with E-state index in [4.69, 9.17) is 11.0 Å². The zero-order valence-electron chi connectivity index (χ0n) is 23.6. The van der Waals surface area contributed by atoms with Crippen molar-refractivity contribution in [1.82, 2.24) is 0 Å². The highest BCUT2D eigenvalue weighted by molar-refractivity contribution is 6.90. The summed E-state index contributed by atoms with van der Waals surface area (Å²) in [4.78, 5) is 3.62. The van der Waals surface area contributed by atoms with Crippen LogP contribution >= 0.6 is 0 Å². The Kier molecular flexibility index (Phi) is 5.84. The molecule has 37 heavy (non-hydrogen) atoms. The number of nitrogens with zero attached hydrogens (tertiary/aromatic N) is 2. The van der Waals surface area contributed by atoms with Crippen molar-refractivity contribution in [2.75, 3.05) is 0 Å². The number of aryl methyl sites for hydroxylation is 2. The zero-order chi connectivity index (χ0) is 26.9. The van der Waals surface area contributed by atoms with Gasteiger partial charge in [-0.3, -0.25) is 0 Å². The summed E-state index contributed by atoms with van der Waals surface area (Å²) < 4.78 is 8.92. The van der Waals surface area contributed by atoms with Gasteiger partial charge in [0.2, 0.25) is 11.2 Å². The molecule has 0 aliphatic rings. The van der Waals surface area contributed by atoms with Gasteiger partial charge < -0.3 is 4.42 Å². The van der Waals surface area contributed by atoms with Crippen molar-refractivity contribution in [2.24, 2.45) is 12.5 Å². The molecule has 3 nitrogen and oxygen atoms in total. The molecule has 0 bridgehead atoms. The third-order valence-corrected chi connectivity index (χ3v) is 9.58. The minimum Gasteiger partial charge on any atom is -0.456 e. The topological polar surface area (TPSA) is 21.4 Å². The van der Waals surface area contributed by atoms with Crippen LogP contribution in [0.25, 0.3) is 48.9 Å². The van der Waals surface area contributed by atoms with E-state index in [2.05, 4.69) is 101 Å². The van der Waals surface area contributed by atoms with Crippen molar-refractivity contribution in [1.29, 1.82) is 0 Å². The molecule has 0 aliphatic heterocycles. The van der Waals surface area contributed by atoms with E-state index in [1.54, 1.807) is 0 Å². The van der Waals surface area contributed by atoms with Crippen LogP contribution in [0.1, 0.15) is 37.5 Å². The fourth-order valence-electron chi connectivity index (χ4n) is 5.61. The highest BCUT2D eigenvalue weighted by atomic mass is 28.3. The normalized spacial score (nSPS) is 12.5. The summed E-state index contributed by atoms with van der Waals surface area (Å²) >= 11 is 0. The van der Waals surface area contributed by atoms with Crippen molar-refractivity contribution in [3.8, 4) is 11.3 Å². The van der Waals surface area contributed by atoms with Gasteiger partial charge in [0.1, 0.15) is 18.2 Å². The molecule has 5 rings (SSSR count). The molecule has 0 radical (unpaired) electrons. The smallest absolute Gasteiger partial charge is 0.216 e. The van der Waals surface area contributed by atoms with Crippen molar-refractivity contribution in [2.45, 2.75) is 60.7 Å². The third-order valence-electron chi connectivity index (χ3n) is 7.55. The average molecular weight is 506 g/mol. The van der Waals surface area contributed by atoms with Gasteiger partial charge in [-0.15, -0.1) is 0 Å². The van der Waals surface area contributed by atoms with Crippen molar-refractivity contribution in [3.05, 3.63) is 76.6 Å². The summed E-state index contributed by atoms with van der Waals surface area (Å²) in [5.74, 6) is 0. The first-order valence-electron chi connectivity index (χ1n) is 13.1. The summed E-state index contributed by atoms with van der Waals surface area (Å²) in [5, 5.41) is 5.00. The SMILES string of the molecule is [C-]#[N+]c1ccc2c(c1)oc1c(-c3cc([Si](C)(C)C)c4ccc(CC(C)(C)C)cc4[n+]3C)c(C)c(C)cc12. The molecule has 0 fully saturated rings. The molecule has 0 saturated heterocycles. The van der Waals surface area contributed by atoms with Crippen LogP contribution < -0.4 is 9.75 Å². The van der Waals surface area contributed by atoms with Gasteiger partial charge in [0.15, 0.2) is 5.69 Å². The van der Waals surface area contributed by atoms with Crippen LogP contribution in [-0.4, -0.2) is 8.07 Å². The van der Waals surface area contributed by atoms with E-state index in [0.717, 1.165) is 33.9 Å². The highest BCUT2D eigenvalue weighted by Crippen LogP contribution is 2.40. The number of rotatable bonds is 3. The lowest BCUT2D eigenvalue weighted by molar-refractivity contribution is -0.633. The second-order valence-corrected chi connectivity index (χ2v) is 17.8. The van der Waals surface area contributed by atoms with Crippen LogP contribution in [0.5, 0.6) is 0 Å². The first-order chi connectivity index (χ1) is 17.3. The predicted octanol–water partition coefficient (Wildman–Crippen LogP) is 8.53. The van der Waals surface area contributed by atoms with Gasteiger partial charge in [0, 0.05) is 28.3 Å². The van der Waals surface area contributed by atoms with Gasteiger partial charge in [-0.05, 0) is 65.8 Å². The highest BCUT2D eigenvalue weighted by Gasteiger charge is 2.29. The van der Waals surface area contributed by atoms with Gasteiger partial charge >= 0.3 is 0 Å². The number of benzene rings is 3. The van der Waals surface area contributed by atoms with Crippen LogP contribution in [0.4, 0.5) is 5.69 Å². The molecule has 5 aromatic rings.